The summed E-state index contributed by atoms with van der Waals surface area (Å²) >= 11 is 0. The minimum atomic E-state index is 0.484. The van der Waals surface area contributed by atoms with Gasteiger partial charge in [0.2, 0.25) is 0 Å². The van der Waals surface area contributed by atoms with E-state index in [0.29, 0.717) is 5.41 Å². The quantitative estimate of drug-likeness (QED) is 0.851. The summed E-state index contributed by atoms with van der Waals surface area (Å²) < 4.78 is 0. The van der Waals surface area contributed by atoms with Gasteiger partial charge in [-0.15, -0.1) is 0 Å². The Morgan fingerprint density at radius 2 is 1.94 bits per heavy atom. The van der Waals surface area contributed by atoms with Gasteiger partial charge in [0, 0.05) is 18.0 Å². The van der Waals surface area contributed by atoms with Crippen LogP contribution >= 0.6 is 0 Å². The minimum absolute atomic E-state index is 0.484. The highest BCUT2D eigenvalue weighted by molar-refractivity contribution is 5.39. The summed E-state index contributed by atoms with van der Waals surface area (Å²) in [5.74, 6) is 0.963. The summed E-state index contributed by atoms with van der Waals surface area (Å²) in [4.78, 5) is 0. The van der Waals surface area contributed by atoms with Gasteiger partial charge in [-0.3, -0.25) is 0 Å². The molecule has 1 aromatic rings. The Morgan fingerprint density at radius 1 is 1.11 bits per heavy atom. The van der Waals surface area contributed by atoms with E-state index in [0.717, 1.165) is 12.0 Å². The number of nitrogens with one attached hydrogen (secondary N) is 1. The molecule has 0 heterocycles. The summed E-state index contributed by atoms with van der Waals surface area (Å²) in [6.07, 6.45) is 9.83. The molecule has 0 radical (unpaired) electrons. The molecule has 18 heavy (non-hydrogen) atoms. The zero-order chi connectivity index (χ0) is 12.0. The van der Waals surface area contributed by atoms with Crippen molar-refractivity contribution in [2.24, 2.45) is 5.92 Å². The number of benzene rings is 1. The minimum Gasteiger partial charge on any atom is -0.313 e. The molecule has 96 valence electrons. The molecule has 1 N–H and O–H groups in total. The molecule has 2 saturated carbocycles. The van der Waals surface area contributed by atoms with Gasteiger partial charge in [-0.2, -0.15) is 0 Å². The van der Waals surface area contributed by atoms with Crippen LogP contribution in [0.15, 0.2) is 24.3 Å². The Balaban J connectivity index is 1.68. The highest BCUT2D eigenvalue weighted by Crippen LogP contribution is 2.53. The lowest BCUT2D eigenvalue weighted by Crippen LogP contribution is -2.43. The molecule has 0 aliphatic heterocycles. The van der Waals surface area contributed by atoms with Crippen LogP contribution in [0.2, 0.25) is 0 Å². The molecule has 0 saturated heterocycles. The fourth-order valence-corrected chi connectivity index (χ4v) is 3.95. The van der Waals surface area contributed by atoms with Crippen molar-refractivity contribution < 1.29 is 0 Å². The molecule has 2 fully saturated rings. The van der Waals surface area contributed by atoms with Crippen LogP contribution in [0.25, 0.3) is 0 Å². The van der Waals surface area contributed by atoms with Crippen LogP contribution in [-0.4, -0.2) is 12.6 Å². The number of rotatable bonds is 4. The van der Waals surface area contributed by atoms with Crippen LogP contribution < -0.4 is 5.32 Å². The first-order chi connectivity index (χ1) is 8.88. The topological polar surface area (TPSA) is 12.0 Å². The van der Waals surface area contributed by atoms with Crippen LogP contribution in [0.1, 0.15) is 49.7 Å². The second kappa shape index (κ2) is 4.09. The van der Waals surface area contributed by atoms with E-state index in [1.807, 2.05) is 0 Å². The summed E-state index contributed by atoms with van der Waals surface area (Å²) in [7, 11) is 0. The second-order valence-corrected chi connectivity index (χ2v) is 6.60. The van der Waals surface area contributed by atoms with Crippen molar-refractivity contribution in [1.29, 1.82) is 0 Å². The molecule has 3 aliphatic rings. The zero-order valence-corrected chi connectivity index (χ0v) is 11.1. The Morgan fingerprint density at radius 3 is 2.72 bits per heavy atom. The molecule has 1 heteroatoms. The Hall–Kier alpha value is -0.820. The molecule has 0 aromatic heterocycles. The third-order valence-corrected chi connectivity index (χ3v) is 5.27. The standard InChI is InChI=1S/C17H23N/c1-2-6-16-13(4-1)5-3-11-17(16,14-7-8-14)12-18-15-9-10-15/h1-2,4,6,14-15,18H,3,5,7-12H2. The summed E-state index contributed by atoms with van der Waals surface area (Å²) in [6, 6.07) is 10.1. The molecule has 0 spiro atoms. The summed E-state index contributed by atoms with van der Waals surface area (Å²) in [5.41, 5.74) is 3.80. The molecule has 0 amide bonds. The Kier molecular flexibility index (Phi) is 2.51. The predicted molar refractivity (Wildman–Crippen MR) is 74.8 cm³/mol. The number of hydrogen-bond acceptors (Lipinski definition) is 1. The van der Waals surface area contributed by atoms with Crippen LogP contribution in [0.3, 0.4) is 0 Å². The van der Waals surface area contributed by atoms with E-state index in [4.69, 9.17) is 0 Å². The van der Waals surface area contributed by atoms with Crippen molar-refractivity contribution in [3.05, 3.63) is 35.4 Å². The highest BCUT2D eigenvalue weighted by atomic mass is 15.0. The fourth-order valence-electron chi connectivity index (χ4n) is 3.95. The van der Waals surface area contributed by atoms with Crippen LogP contribution in [0, 0.1) is 5.92 Å². The molecule has 0 bridgehead atoms. The van der Waals surface area contributed by atoms with E-state index in [-0.39, 0.29) is 0 Å². The fraction of sp³-hybridized carbons (Fsp3) is 0.647. The van der Waals surface area contributed by atoms with E-state index >= 15 is 0 Å². The molecule has 1 atom stereocenters. The highest BCUT2D eigenvalue weighted by Gasteiger charge is 2.48. The van der Waals surface area contributed by atoms with Gasteiger partial charge in [0.1, 0.15) is 0 Å². The van der Waals surface area contributed by atoms with Crippen molar-refractivity contribution in [1.82, 2.24) is 5.32 Å². The third kappa shape index (κ3) is 1.80. The Bertz CT molecular complexity index is 445. The smallest absolute Gasteiger partial charge is 0.0109 e. The van der Waals surface area contributed by atoms with E-state index in [1.54, 1.807) is 11.1 Å². The molecular weight excluding hydrogens is 218 g/mol. The van der Waals surface area contributed by atoms with E-state index in [9.17, 15) is 0 Å². The van der Waals surface area contributed by atoms with E-state index < -0.39 is 0 Å². The molecule has 4 rings (SSSR count). The first kappa shape index (κ1) is 11.0. The van der Waals surface area contributed by atoms with Gasteiger partial charge in [-0.05, 0) is 62.0 Å². The average molecular weight is 241 g/mol. The maximum absolute atomic E-state index is 3.83. The van der Waals surface area contributed by atoms with Gasteiger partial charge in [-0.25, -0.2) is 0 Å². The maximum atomic E-state index is 3.83. The summed E-state index contributed by atoms with van der Waals surface area (Å²) in [5, 5.41) is 3.83. The summed E-state index contributed by atoms with van der Waals surface area (Å²) in [6.45, 7) is 1.24. The van der Waals surface area contributed by atoms with Gasteiger partial charge in [0.15, 0.2) is 0 Å². The van der Waals surface area contributed by atoms with Gasteiger partial charge >= 0.3 is 0 Å². The van der Waals surface area contributed by atoms with Crippen molar-refractivity contribution in [2.75, 3.05) is 6.54 Å². The molecule has 3 aliphatic carbocycles. The maximum Gasteiger partial charge on any atom is 0.0109 e. The van der Waals surface area contributed by atoms with Crippen LogP contribution in [0.5, 0.6) is 0 Å². The molecule has 1 unspecified atom stereocenters. The van der Waals surface area contributed by atoms with Crippen molar-refractivity contribution in [3.8, 4) is 0 Å². The van der Waals surface area contributed by atoms with Gasteiger partial charge < -0.3 is 5.32 Å². The number of fused-ring (bicyclic) bond motifs is 1. The van der Waals surface area contributed by atoms with Gasteiger partial charge in [-0.1, -0.05) is 24.3 Å². The predicted octanol–water partition coefficient (Wildman–Crippen LogP) is 3.42. The van der Waals surface area contributed by atoms with Gasteiger partial charge in [0.25, 0.3) is 0 Å². The average Bonchev–Trinajstić information content (AvgIpc) is 3.30. The van der Waals surface area contributed by atoms with E-state index in [1.165, 1.54) is 51.5 Å². The SMILES string of the molecule is c1ccc2c(c1)CCCC2(CNC1CC1)C1CC1. The Labute approximate surface area is 110 Å². The molecular formula is C17H23N. The number of hydrogen-bond donors (Lipinski definition) is 1. The lowest BCUT2D eigenvalue weighted by molar-refractivity contribution is 0.296. The molecule has 1 nitrogen and oxygen atoms in total. The first-order valence-corrected chi connectivity index (χ1v) is 7.70. The zero-order valence-electron chi connectivity index (χ0n) is 11.1. The van der Waals surface area contributed by atoms with Gasteiger partial charge in [0.05, 0.1) is 0 Å². The third-order valence-electron chi connectivity index (χ3n) is 5.27. The van der Waals surface area contributed by atoms with Crippen molar-refractivity contribution in [2.45, 2.75) is 56.4 Å². The van der Waals surface area contributed by atoms with Crippen molar-refractivity contribution in [3.63, 3.8) is 0 Å². The first-order valence-electron chi connectivity index (χ1n) is 7.70. The van der Waals surface area contributed by atoms with Crippen molar-refractivity contribution >= 4 is 0 Å². The second-order valence-electron chi connectivity index (χ2n) is 6.60. The lowest BCUT2D eigenvalue weighted by atomic mass is 9.66. The monoisotopic (exact) mass is 241 g/mol. The largest absolute Gasteiger partial charge is 0.313 e. The lowest BCUT2D eigenvalue weighted by Gasteiger charge is -2.40. The molecule has 1 aromatic carbocycles. The normalized spacial score (nSPS) is 31.1. The number of aryl methyl sites for hydroxylation is 1. The van der Waals surface area contributed by atoms with E-state index in [2.05, 4.69) is 29.6 Å². The van der Waals surface area contributed by atoms with Crippen LogP contribution in [-0.2, 0) is 11.8 Å². The van der Waals surface area contributed by atoms with Crippen LogP contribution in [0.4, 0.5) is 0 Å².